The van der Waals surface area contributed by atoms with Crippen molar-refractivity contribution in [3.63, 3.8) is 0 Å². The third kappa shape index (κ3) is 4.45. The molecule has 0 spiro atoms. The molecule has 1 aliphatic carbocycles. The van der Waals surface area contributed by atoms with Crippen molar-refractivity contribution in [2.75, 3.05) is 19.0 Å². The summed E-state index contributed by atoms with van der Waals surface area (Å²) in [4.78, 5) is 32.3. The van der Waals surface area contributed by atoms with E-state index in [0.717, 1.165) is 62.0 Å². The second kappa shape index (κ2) is 8.95. The predicted molar refractivity (Wildman–Crippen MR) is 114 cm³/mol. The molecule has 6 nitrogen and oxygen atoms in total. The number of hydrogen-bond donors (Lipinski definition) is 1. The number of hydrogen-bond acceptors (Lipinski definition) is 5. The van der Waals surface area contributed by atoms with Crippen molar-refractivity contribution in [3.8, 4) is 17.0 Å². The topological polar surface area (TPSA) is 71.5 Å². The van der Waals surface area contributed by atoms with Crippen LogP contribution in [0.2, 0.25) is 0 Å². The first-order chi connectivity index (χ1) is 14.2. The molecule has 1 aromatic heterocycles. The van der Waals surface area contributed by atoms with Crippen LogP contribution >= 0.6 is 11.3 Å². The number of piperidine rings is 1. The molecule has 1 aromatic carbocycles. The number of methoxy groups -OCH3 is 1. The Balaban J connectivity index is 1.43. The zero-order chi connectivity index (χ0) is 20.2. The molecule has 2 aromatic rings. The normalized spacial score (nSPS) is 19.9. The van der Waals surface area contributed by atoms with Crippen molar-refractivity contribution in [2.24, 2.45) is 5.92 Å². The second-order valence-corrected chi connectivity index (χ2v) is 8.64. The number of thiazole rings is 1. The first kappa shape index (κ1) is 19.9. The summed E-state index contributed by atoms with van der Waals surface area (Å²) in [5, 5.41) is 5.45. The molecule has 1 aliphatic heterocycles. The Morgan fingerprint density at radius 2 is 1.83 bits per heavy atom. The second-order valence-electron chi connectivity index (χ2n) is 7.78. The van der Waals surface area contributed by atoms with Gasteiger partial charge in [0.05, 0.1) is 12.8 Å². The fourth-order valence-electron chi connectivity index (χ4n) is 4.29. The SMILES string of the molecule is COc1ccc(-c2csc(NC(=O)[C@H]3CCCCN3C(=O)C3CCCC3)n2)cc1. The molecular formula is C22H27N3O3S. The highest BCUT2D eigenvalue weighted by Crippen LogP contribution is 2.31. The van der Waals surface area contributed by atoms with Crippen molar-refractivity contribution in [3.05, 3.63) is 29.6 Å². The number of ether oxygens (including phenoxy) is 1. The summed E-state index contributed by atoms with van der Waals surface area (Å²) in [5.41, 5.74) is 1.79. The molecule has 2 fully saturated rings. The fourth-order valence-corrected chi connectivity index (χ4v) is 5.01. The van der Waals surface area contributed by atoms with E-state index >= 15 is 0 Å². The van der Waals surface area contributed by atoms with Crippen LogP contribution < -0.4 is 10.1 Å². The van der Waals surface area contributed by atoms with Gasteiger partial charge in [-0.3, -0.25) is 9.59 Å². The molecular weight excluding hydrogens is 386 g/mol. The minimum atomic E-state index is -0.384. The van der Waals surface area contributed by atoms with Crippen LogP contribution in [0, 0.1) is 5.92 Å². The zero-order valence-electron chi connectivity index (χ0n) is 16.7. The minimum Gasteiger partial charge on any atom is -0.497 e. The van der Waals surface area contributed by atoms with Gasteiger partial charge in [0.1, 0.15) is 11.8 Å². The third-order valence-corrected chi connectivity index (χ3v) is 6.67. The van der Waals surface area contributed by atoms with E-state index in [4.69, 9.17) is 4.74 Å². The molecule has 1 saturated heterocycles. The average molecular weight is 414 g/mol. The monoisotopic (exact) mass is 413 g/mol. The smallest absolute Gasteiger partial charge is 0.248 e. The van der Waals surface area contributed by atoms with Gasteiger partial charge in [-0.1, -0.05) is 12.8 Å². The number of likely N-dealkylation sites (tertiary alicyclic amines) is 1. The molecule has 1 N–H and O–H groups in total. The largest absolute Gasteiger partial charge is 0.497 e. The number of rotatable bonds is 5. The van der Waals surface area contributed by atoms with E-state index in [2.05, 4.69) is 10.3 Å². The van der Waals surface area contributed by atoms with Gasteiger partial charge in [-0.25, -0.2) is 4.98 Å². The van der Waals surface area contributed by atoms with Crippen LogP contribution in [0.4, 0.5) is 5.13 Å². The maximum absolute atomic E-state index is 13.0. The molecule has 154 valence electrons. The predicted octanol–water partition coefficient (Wildman–Crippen LogP) is 4.33. The van der Waals surface area contributed by atoms with E-state index in [1.54, 1.807) is 7.11 Å². The van der Waals surface area contributed by atoms with Gasteiger partial charge in [0.25, 0.3) is 0 Å². The van der Waals surface area contributed by atoms with Gasteiger partial charge >= 0.3 is 0 Å². The first-order valence-electron chi connectivity index (χ1n) is 10.4. The van der Waals surface area contributed by atoms with Crippen LogP contribution in [0.1, 0.15) is 44.9 Å². The van der Waals surface area contributed by atoms with Gasteiger partial charge in [0, 0.05) is 23.4 Å². The van der Waals surface area contributed by atoms with Crippen LogP contribution in [0.5, 0.6) is 5.75 Å². The van der Waals surface area contributed by atoms with E-state index in [1.165, 1.54) is 11.3 Å². The Kier molecular flexibility index (Phi) is 6.13. The number of carbonyl (C=O) groups excluding carboxylic acids is 2. The Morgan fingerprint density at radius 3 is 2.55 bits per heavy atom. The highest BCUT2D eigenvalue weighted by atomic mass is 32.1. The van der Waals surface area contributed by atoms with Crippen LogP contribution in [0.25, 0.3) is 11.3 Å². The molecule has 0 bridgehead atoms. The van der Waals surface area contributed by atoms with Gasteiger partial charge in [0.2, 0.25) is 11.8 Å². The van der Waals surface area contributed by atoms with E-state index in [0.29, 0.717) is 11.7 Å². The van der Waals surface area contributed by atoms with E-state index < -0.39 is 0 Å². The van der Waals surface area contributed by atoms with Gasteiger partial charge in [-0.05, 0) is 56.4 Å². The summed E-state index contributed by atoms with van der Waals surface area (Å²) in [6, 6.07) is 7.29. The fraction of sp³-hybridized carbons (Fsp3) is 0.500. The Morgan fingerprint density at radius 1 is 1.10 bits per heavy atom. The van der Waals surface area contributed by atoms with Crippen molar-refractivity contribution >= 4 is 28.3 Å². The lowest BCUT2D eigenvalue weighted by molar-refractivity contribution is -0.143. The number of nitrogens with one attached hydrogen (secondary N) is 1. The van der Waals surface area contributed by atoms with Crippen LogP contribution in [-0.4, -0.2) is 41.4 Å². The molecule has 0 unspecified atom stereocenters. The van der Waals surface area contributed by atoms with Gasteiger partial charge < -0.3 is 15.0 Å². The Bertz CT molecular complexity index is 858. The number of nitrogens with zero attached hydrogens (tertiary/aromatic N) is 2. The number of carbonyl (C=O) groups is 2. The number of aromatic nitrogens is 1. The lowest BCUT2D eigenvalue weighted by atomic mass is 9.97. The van der Waals surface area contributed by atoms with Crippen LogP contribution in [0.15, 0.2) is 29.6 Å². The molecule has 29 heavy (non-hydrogen) atoms. The molecule has 2 amide bonds. The van der Waals surface area contributed by atoms with Gasteiger partial charge in [-0.2, -0.15) is 0 Å². The van der Waals surface area contributed by atoms with E-state index in [1.807, 2.05) is 34.5 Å². The van der Waals surface area contributed by atoms with E-state index in [9.17, 15) is 9.59 Å². The summed E-state index contributed by atoms with van der Waals surface area (Å²) in [7, 11) is 1.64. The lowest BCUT2D eigenvalue weighted by Crippen LogP contribution is -2.51. The van der Waals surface area contributed by atoms with Crippen molar-refractivity contribution in [2.45, 2.75) is 51.0 Å². The zero-order valence-corrected chi connectivity index (χ0v) is 17.5. The third-order valence-electron chi connectivity index (χ3n) is 5.91. The lowest BCUT2D eigenvalue weighted by Gasteiger charge is -2.36. The molecule has 2 heterocycles. The number of amides is 2. The molecule has 0 radical (unpaired) electrons. The molecule has 1 atom stereocenters. The average Bonchev–Trinajstić information content (AvgIpc) is 3.46. The van der Waals surface area contributed by atoms with Crippen LogP contribution in [-0.2, 0) is 9.59 Å². The van der Waals surface area contributed by atoms with Crippen molar-refractivity contribution in [1.29, 1.82) is 0 Å². The summed E-state index contributed by atoms with van der Waals surface area (Å²) in [5.74, 6) is 0.943. The summed E-state index contributed by atoms with van der Waals surface area (Å²) in [6.45, 7) is 0.683. The van der Waals surface area contributed by atoms with Gasteiger partial charge in [0.15, 0.2) is 5.13 Å². The van der Waals surface area contributed by atoms with E-state index in [-0.39, 0.29) is 23.8 Å². The van der Waals surface area contributed by atoms with Crippen LogP contribution in [0.3, 0.4) is 0 Å². The first-order valence-corrected chi connectivity index (χ1v) is 11.2. The Labute approximate surface area is 175 Å². The molecule has 4 rings (SSSR count). The van der Waals surface area contributed by atoms with Crippen molar-refractivity contribution < 1.29 is 14.3 Å². The highest BCUT2D eigenvalue weighted by molar-refractivity contribution is 7.14. The Hall–Kier alpha value is -2.41. The minimum absolute atomic E-state index is 0.102. The van der Waals surface area contributed by atoms with Crippen molar-refractivity contribution in [1.82, 2.24) is 9.88 Å². The molecule has 1 saturated carbocycles. The number of anilines is 1. The quantitative estimate of drug-likeness (QED) is 0.792. The maximum atomic E-state index is 13.0. The summed E-state index contributed by atoms with van der Waals surface area (Å²) < 4.78 is 5.19. The maximum Gasteiger partial charge on any atom is 0.248 e. The van der Waals surface area contributed by atoms with Gasteiger partial charge in [-0.15, -0.1) is 11.3 Å². The molecule has 2 aliphatic rings. The highest BCUT2D eigenvalue weighted by Gasteiger charge is 2.36. The summed E-state index contributed by atoms with van der Waals surface area (Å²) >= 11 is 1.40. The molecule has 7 heteroatoms. The number of benzene rings is 1. The standard InChI is InChI=1S/C22H27N3O3S/c1-28-17-11-9-15(10-12-17)18-14-29-22(23-18)24-20(26)19-8-4-5-13-25(19)21(27)16-6-2-3-7-16/h9-12,14,16,19H,2-8,13H2,1H3,(H,23,24,26)/t19-/m1/s1. The summed E-state index contributed by atoms with van der Waals surface area (Å²) in [6.07, 6.45) is 6.83.